The number of nitrogens with one attached hydrogen (secondary N) is 1. The first-order chi connectivity index (χ1) is 13.5. The van der Waals surface area contributed by atoms with Gasteiger partial charge in [0.05, 0.1) is 0 Å². The van der Waals surface area contributed by atoms with Crippen LogP contribution in [0.15, 0.2) is 23.4 Å². The van der Waals surface area contributed by atoms with E-state index in [2.05, 4.69) is 15.4 Å². The number of carbonyl (C=O) groups excluding carboxylic acids is 1. The van der Waals surface area contributed by atoms with Gasteiger partial charge in [-0.25, -0.2) is 13.8 Å². The minimum Gasteiger partial charge on any atom is -0.321 e. The van der Waals surface area contributed by atoms with Crippen molar-refractivity contribution in [2.24, 2.45) is 11.1 Å². The van der Waals surface area contributed by atoms with Crippen molar-refractivity contribution in [3.8, 4) is 0 Å². The van der Waals surface area contributed by atoms with E-state index in [4.69, 9.17) is 5.14 Å². The lowest BCUT2D eigenvalue weighted by Crippen LogP contribution is -2.21. The van der Waals surface area contributed by atoms with E-state index in [9.17, 15) is 26.7 Å². The number of carbonyl (C=O) groups is 1. The Hall–Kier alpha value is -2.21. The van der Waals surface area contributed by atoms with E-state index in [1.807, 2.05) is 0 Å². The topological polar surface area (TPSA) is 85.8 Å². The first-order valence-electron chi connectivity index (χ1n) is 8.67. The van der Waals surface area contributed by atoms with E-state index in [-0.39, 0.29) is 36.3 Å². The Labute approximate surface area is 167 Å². The van der Waals surface area contributed by atoms with Crippen molar-refractivity contribution < 1.29 is 26.7 Å². The number of amides is 1. The molecular formula is C17H18F5N5OS. The quantitative estimate of drug-likeness (QED) is 0.542. The van der Waals surface area contributed by atoms with E-state index in [1.54, 1.807) is 0 Å². The zero-order valence-corrected chi connectivity index (χ0v) is 16.1. The fourth-order valence-electron chi connectivity index (χ4n) is 3.42. The van der Waals surface area contributed by atoms with E-state index >= 15 is 0 Å². The first-order valence-corrected chi connectivity index (χ1v) is 9.54. The summed E-state index contributed by atoms with van der Waals surface area (Å²) in [5.74, 6) is -4.25. The summed E-state index contributed by atoms with van der Waals surface area (Å²) in [6, 6.07) is 2.91. The molecule has 1 saturated carbocycles. The smallest absolute Gasteiger partial charge is 0.321 e. The normalized spacial score (nSPS) is 18.8. The Morgan fingerprint density at radius 1 is 1.45 bits per heavy atom. The average molecular weight is 435 g/mol. The maximum Gasteiger partial charge on any atom is 0.435 e. The van der Waals surface area contributed by atoms with Crippen LogP contribution in [0.3, 0.4) is 0 Å². The van der Waals surface area contributed by atoms with Crippen molar-refractivity contribution in [2.45, 2.75) is 49.9 Å². The molecule has 3 rings (SSSR count). The molecule has 1 unspecified atom stereocenters. The predicted octanol–water partition coefficient (Wildman–Crippen LogP) is 4.26. The molecule has 2 aromatic heterocycles. The lowest BCUT2D eigenvalue weighted by Gasteiger charge is -2.14. The standard InChI is InChI=1S/C17H18F5N5OS/c1-9-13(15(28)25-11-3-5-24-12(6-11)29-23)27(26-14(9)17(20,21)22)8-10-2-4-16(18,19)7-10/h3,5-6,10H,2,4,7-8,23H2,1H3,(H,24,25,28). The largest absolute Gasteiger partial charge is 0.435 e. The van der Waals surface area contributed by atoms with Crippen molar-refractivity contribution >= 4 is 23.5 Å². The number of hydrogen-bond donors (Lipinski definition) is 2. The van der Waals surface area contributed by atoms with Crippen LogP contribution in [-0.2, 0) is 12.7 Å². The molecule has 0 aromatic carbocycles. The van der Waals surface area contributed by atoms with E-state index < -0.39 is 36.0 Å². The summed E-state index contributed by atoms with van der Waals surface area (Å²) in [5.41, 5.74) is -1.60. The lowest BCUT2D eigenvalue weighted by molar-refractivity contribution is -0.142. The Bertz CT molecular complexity index is 914. The van der Waals surface area contributed by atoms with Crippen LogP contribution in [0.4, 0.5) is 27.6 Å². The molecule has 12 heteroatoms. The van der Waals surface area contributed by atoms with Gasteiger partial charge in [0.25, 0.3) is 5.91 Å². The van der Waals surface area contributed by atoms with Crippen LogP contribution < -0.4 is 10.5 Å². The van der Waals surface area contributed by atoms with Gasteiger partial charge in [0.1, 0.15) is 10.7 Å². The van der Waals surface area contributed by atoms with Crippen LogP contribution in [-0.4, -0.2) is 26.6 Å². The van der Waals surface area contributed by atoms with Gasteiger partial charge in [-0.2, -0.15) is 18.3 Å². The second-order valence-corrected chi connectivity index (χ2v) is 7.58. The van der Waals surface area contributed by atoms with Crippen molar-refractivity contribution in [3.63, 3.8) is 0 Å². The lowest BCUT2D eigenvalue weighted by atomic mass is 10.1. The third kappa shape index (κ3) is 4.86. The first kappa shape index (κ1) is 21.5. The van der Waals surface area contributed by atoms with Gasteiger partial charge in [0.2, 0.25) is 5.92 Å². The number of nitrogens with two attached hydrogens (primary N) is 1. The number of halogens is 5. The highest BCUT2D eigenvalue weighted by molar-refractivity contribution is 7.97. The number of anilines is 1. The molecule has 158 valence electrons. The van der Waals surface area contributed by atoms with Gasteiger partial charge in [0.15, 0.2) is 5.69 Å². The van der Waals surface area contributed by atoms with E-state index in [0.29, 0.717) is 5.03 Å². The predicted molar refractivity (Wildman–Crippen MR) is 96.5 cm³/mol. The summed E-state index contributed by atoms with van der Waals surface area (Å²) in [4.78, 5) is 16.7. The fourth-order valence-corrected chi connectivity index (χ4v) is 3.74. The maximum atomic E-state index is 13.5. The van der Waals surface area contributed by atoms with Crippen LogP contribution in [0.2, 0.25) is 0 Å². The Kier molecular flexibility index (Phi) is 5.86. The van der Waals surface area contributed by atoms with Gasteiger partial charge in [0, 0.05) is 36.8 Å². The minimum atomic E-state index is -4.77. The summed E-state index contributed by atoms with van der Waals surface area (Å²) in [6.45, 7) is 0.938. The maximum absolute atomic E-state index is 13.5. The van der Waals surface area contributed by atoms with Crippen molar-refractivity contribution in [3.05, 3.63) is 35.3 Å². The highest BCUT2D eigenvalue weighted by Crippen LogP contribution is 2.40. The zero-order chi connectivity index (χ0) is 21.4. The van der Waals surface area contributed by atoms with Crippen LogP contribution in [0.1, 0.15) is 41.0 Å². The monoisotopic (exact) mass is 435 g/mol. The van der Waals surface area contributed by atoms with Gasteiger partial charge in [-0.15, -0.1) is 0 Å². The molecule has 6 nitrogen and oxygen atoms in total. The molecule has 1 fully saturated rings. The van der Waals surface area contributed by atoms with E-state index in [1.165, 1.54) is 18.3 Å². The molecule has 0 aliphatic heterocycles. The molecular weight excluding hydrogens is 417 g/mol. The molecule has 1 atom stereocenters. The summed E-state index contributed by atoms with van der Waals surface area (Å²) in [6.07, 6.45) is -4.02. The van der Waals surface area contributed by atoms with Gasteiger partial charge >= 0.3 is 6.18 Å². The third-order valence-corrected chi connectivity index (χ3v) is 5.19. The number of aromatic nitrogens is 3. The Morgan fingerprint density at radius 3 is 2.76 bits per heavy atom. The van der Waals surface area contributed by atoms with Crippen LogP contribution in [0, 0.1) is 12.8 Å². The summed E-state index contributed by atoms with van der Waals surface area (Å²) < 4.78 is 67.8. The molecule has 0 saturated heterocycles. The van der Waals surface area contributed by atoms with E-state index in [0.717, 1.165) is 23.6 Å². The third-order valence-electron chi connectivity index (χ3n) is 4.72. The number of pyridine rings is 1. The average Bonchev–Trinajstić information content (AvgIpc) is 3.13. The van der Waals surface area contributed by atoms with Crippen LogP contribution in [0.5, 0.6) is 0 Å². The zero-order valence-electron chi connectivity index (χ0n) is 15.3. The van der Waals surface area contributed by atoms with Crippen molar-refractivity contribution in [1.82, 2.24) is 14.8 Å². The van der Waals surface area contributed by atoms with Gasteiger partial charge < -0.3 is 5.32 Å². The SMILES string of the molecule is Cc1c(C(F)(F)F)nn(CC2CCC(F)(F)C2)c1C(=O)Nc1ccnc(SN)c1. The second kappa shape index (κ2) is 7.90. The summed E-state index contributed by atoms with van der Waals surface area (Å²) >= 11 is 0.841. The van der Waals surface area contributed by atoms with Crippen molar-refractivity contribution in [2.75, 3.05) is 5.32 Å². The molecule has 1 aliphatic rings. The second-order valence-electron chi connectivity index (χ2n) is 6.92. The molecule has 3 N–H and O–H groups in total. The highest BCUT2D eigenvalue weighted by atomic mass is 32.2. The summed E-state index contributed by atoms with van der Waals surface area (Å²) in [7, 11) is 0. The molecule has 1 aliphatic carbocycles. The highest BCUT2D eigenvalue weighted by Gasteiger charge is 2.42. The molecule has 0 spiro atoms. The van der Waals surface area contributed by atoms with Gasteiger partial charge in [-0.3, -0.25) is 14.6 Å². The van der Waals surface area contributed by atoms with Gasteiger partial charge in [-0.1, -0.05) is 0 Å². The molecule has 29 heavy (non-hydrogen) atoms. The molecule has 2 heterocycles. The summed E-state index contributed by atoms with van der Waals surface area (Å²) in [5, 5.41) is 11.8. The Balaban J connectivity index is 1.92. The van der Waals surface area contributed by atoms with Crippen LogP contribution in [0.25, 0.3) is 0 Å². The van der Waals surface area contributed by atoms with Crippen LogP contribution >= 0.6 is 11.9 Å². The number of nitrogens with zero attached hydrogens (tertiary/aromatic N) is 3. The molecule has 1 amide bonds. The fraction of sp³-hybridized carbons (Fsp3) is 0.471. The van der Waals surface area contributed by atoms with Crippen molar-refractivity contribution in [1.29, 1.82) is 0 Å². The minimum absolute atomic E-state index is 0.149. The van der Waals surface area contributed by atoms with Gasteiger partial charge in [-0.05, 0) is 43.3 Å². The number of rotatable bonds is 5. The Morgan fingerprint density at radius 2 is 2.17 bits per heavy atom. The molecule has 0 bridgehead atoms. The number of alkyl halides is 5. The number of hydrogen-bond acceptors (Lipinski definition) is 5. The molecule has 2 aromatic rings. The molecule has 0 radical (unpaired) electrons.